The van der Waals surface area contributed by atoms with Gasteiger partial charge in [-0.15, -0.1) is 11.3 Å². The van der Waals surface area contributed by atoms with E-state index in [1.807, 2.05) is 6.07 Å². The summed E-state index contributed by atoms with van der Waals surface area (Å²) in [5.74, 6) is 0.662. The van der Waals surface area contributed by atoms with Crippen molar-refractivity contribution < 1.29 is 4.39 Å². The van der Waals surface area contributed by atoms with Crippen LogP contribution in [0.2, 0.25) is 0 Å². The van der Waals surface area contributed by atoms with Gasteiger partial charge in [-0.3, -0.25) is 0 Å². The summed E-state index contributed by atoms with van der Waals surface area (Å²) in [4.78, 5) is 4.69. The number of hydrogen-bond acceptors (Lipinski definition) is 3. The molecule has 2 N–H and O–H groups in total. The van der Waals surface area contributed by atoms with Crippen molar-refractivity contribution >= 4 is 21.6 Å². The van der Waals surface area contributed by atoms with Crippen molar-refractivity contribution in [2.45, 2.75) is 45.6 Å². The largest absolute Gasteiger partial charge is 0.327 e. The van der Waals surface area contributed by atoms with E-state index >= 15 is 0 Å². The first-order valence-corrected chi connectivity index (χ1v) is 8.03. The van der Waals surface area contributed by atoms with E-state index in [2.05, 4.69) is 20.8 Å². The topological polar surface area (TPSA) is 38.9 Å². The first kappa shape index (κ1) is 14.0. The van der Waals surface area contributed by atoms with Crippen molar-refractivity contribution in [3.05, 3.63) is 29.0 Å². The maximum absolute atomic E-state index is 13.3. The van der Waals surface area contributed by atoms with Gasteiger partial charge in [0.1, 0.15) is 5.82 Å². The Bertz CT molecular complexity index is 634. The molecular formula is C16H21FN2S. The average molecular weight is 292 g/mol. The minimum atomic E-state index is -0.215. The third-order valence-electron chi connectivity index (χ3n) is 5.17. The van der Waals surface area contributed by atoms with Gasteiger partial charge in [0.2, 0.25) is 0 Å². The third kappa shape index (κ3) is 2.15. The molecule has 1 aromatic carbocycles. The maximum Gasteiger partial charge on any atom is 0.125 e. The first-order valence-electron chi connectivity index (χ1n) is 7.21. The van der Waals surface area contributed by atoms with E-state index in [4.69, 9.17) is 10.7 Å². The van der Waals surface area contributed by atoms with E-state index in [1.165, 1.54) is 12.1 Å². The zero-order valence-corrected chi connectivity index (χ0v) is 13.0. The summed E-state index contributed by atoms with van der Waals surface area (Å²) in [6.07, 6.45) is 2.11. The molecule has 1 heterocycles. The number of benzene rings is 1. The molecule has 3 unspecified atom stereocenters. The van der Waals surface area contributed by atoms with Gasteiger partial charge < -0.3 is 5.73 Å². The van der Waals surface area contributed by atoms with Gasteiger partial charge >= 0.3 is 0 Å². The lowest BCUT2D eigenvalue weighted by atomic mass is 9.61. The van der Waals surface area contributed by atoms with Crippen molar-refractivity contribution in [3.63, 3.8) is 0 Å². The molecule has 1 aromatic heterocycles. The Morgan fingerprint density at radius 1 is 1.35 bits per heavy atom. The summed E-state index contributed by atoms with van der Waals surface area (Å²) in [5.41, 5.74) is 7.13. The Kier molecular flexibility index (Phi) is 3.33. The summed E-state index contributed by atoms with van der Waals surface area (Å²) in [7, 11) is 0. The predicted molar refractivity (Wildman–Crippen MR) is 82.5 cm³/mol. The van der Waals surface area contributed by atoms with Crippen LogP contribution in [0.5, 0.6) is 0 Å². The van der Waals surface area contributed by atoms with Crippen LogP contribution in [0.3, 0.4) is 0 Å². The normalized spacial score (nSPS) is 29.8. The monoisotopic (exact) mass is 292 g/mol. The van der Waals surface area contributed by atoms with E-state index in [9.17, 15) is 4.39 Å². The van der Waals surface area contributed by atoms with E-state index < -0.39 is 0 Å². The lowest BCUT2D eigenvalue weighted by Crippen LogP contribution is -2.45. The zero-order chi connectivity index (χ0) is 14.5. The van der Waals surface area contributed by atoms with Crippen LogP contribution in [-0.4, -0.2) is 11.0 Å². The third-order valence-corrected chi connectivity index (χ3v) is 6.32. The van der Waals surface area contributed by atoms with Crippen LogP contribution in [0.15, 0.2) is 18.2 Å². The standard InChI is InChI=1S/C16H21FN2S/c1-9-12(18)6-5-11(16(9,2)3)15-19-13-8-10(17)4-7-14(13)20-15/h4,7-9,11-12H,5-6,18H2,1-3H3. The molecular weight excluding hydrogens is 271 g/mol. The minimum Gasteiger partial charge on any atom is -0.327 e. The Morgan fingerprint density at radius 3 is 2.85 bits per heavy atom. The molecule has 4 heteroatoms. The van der Waals surface area contributed by atoms with Gasteiger partial charge in [-0.25, -0.2) is 9.37 Å². The predicted octanol–water partition coefficient (Wildman–Crippen LogP) is 4.30. The highest BCUT2D eigenvalue weighted by atomic mass is 32.1. The molecule has 1 aliphatic rings. The van der Waals surface area contributed by atoms with E-state index in [0.717, 1.165) is 28.1 Å². The summed E-state index contributed by atoms with van der Waals surface area (Å²) in [5, 5.41) is 1.13. The quantitative estimate of drug-likeness (QED) is 0.851. The number of nitrogens with zero attached hydrogens (tertiary/aromatic N) is 1. The summed E-state index contributed by atoms with van der Waals surface area (Å²) < 4.78 is 14.4. The Labute approximate surface area is 123 Å². The molecule has 0 spiro atoms. The lowest BCUT2D eigenvalue weighted by Gasteiger charge is -2.46. The van der Waals surface area contributed by atoms with Gasteiger partial charge in [-0.2, -0.15) is 0 Å². The molecule has 2 nitrogen and oxygen atoms in total. The van der Waals surface area contributed by atoms with E-state index in [-0.39, 0.29) is 17.3 Å². The maximum atomic E-state index is 13.3. The van der Waals surface area contributed by atoms with Gasteiger partial charge in [0, 0.05) is 18.0 Å². The van der Waals surface area contributed by atoms with Crippen LogP contribution < -0.4 is 5.73 Å². The fraction of sp³-hybridized carbons (Fsp3) is 0.562. The van der Waals surface area contributed by atoms with Crippen LogP contribution in [-0.2, 0) is 0 Å². The number of nitrogens with two attached hydrogens (primary N) is 1. The Morgan fingerprint density at radius 2 is 2.10 bits per heavy atom. The zero-order valence-electron chi connectivity index (χ0n) is 12.2. The van der Waals surface area contributed by atoms with Gasteiger partial charge in [-0.05, 0) is 36.3 Å². The highest BCUT2D eigenvalue weighted by molar-refractivity contribution is 7.18. The fourth-order valence-electron chi connectivity index (χ4n) is 3.36. The molecule has 0 saturated heterocycles. The summed E-state index contributed by atoms with van der Waals surface area (Å²) >= 11 is 1.70. The number of fused-ring (bicyclic) bond motifs is 1. The number of thiazole rings is 1. The second kappa shape index (κ2) is 4.78. The number of aromatic nitrogens is 1. The molecule has 2 aromatic rings. The van der Waals surface area contributed by atoms with Crippen LogP contribution in [0, 0.1) is 17.2 Å². The summed E-state index contributed by atoms with van der Waals surface area (Å²) in [6, 6.07) is 5.14. The smallest absolute Gasteiger partial charge is 0.125 e. The van der Waals surface area contributed by atoms with E-state index in [1.54, 1.807) is 11.3 Å². The van der Waals surface area contributed by atoms with Gasteiger partial charge in [0.05, 0.1) is 15.2 Å². The van der Waals surface area contributed by atoms with Gasteiger partial charge in [0.25, 0.3) is 0 Å². The molecule has 0 amide bonds. The van der Waals surface area contributed by atoms with Crippen LogP contribution in [0.4, 0.5) is 4.39 Å². The first-order chi connectivity index (χ1) is 9.39. The molecule has 0 radical (unpaired) electrons. The summed E-state index contributed by atoms with van der Waals surface area (Å²) in [6.45, 7) is 6.81. The SMILES string of the molecule is CC1C(N)CCC(c2nc3cc(F)ccc3s2)C1(C)C. The molecule has 3 rings (SSSR count). The van der Waals surface area contributed by atoms with Crippen molar-refractivity contribution in [3.8, 4) is 0 Å². The second-order valence-electron chi connectivity index (χ2n) is 6.57. The van der Waals surface area contributed by atoms with E-state index in [0.29, 0.717) is 11.8 Å². The van der Waals surface area contributed by atoms with Crippen molar-refractivity contribution in [1.82, 2.24) is 4.98 Å². The molecule has 20 heavy (non-hydrogen) atoms. The number of halogens is 1. The molecule has 1 saturated carbocycles. The highest BCUT2D eigenvalue weighted by Crippen LogP contribution is 2.50. The lowest BCUT2D eigenvalue weighted by molar-refractivity contribution is 0.0993. The molecule has 0 bridgehead atoms. The van der Waals surface area contributed by atoms with Crippen molar-refractivity contribution in [1.29, 1.82) is 0 Å². The van der Waals surface area contributed by atoms with Crippen molar-refractivity contribution in [2.24, 2.45) is 17.1 Å². The number of hydrogen-bond donors (Lipinski definition) is 1. The van der Waals surface area contributed by atoms with Crippen LogP contribution in [0.25, 0.3) is 10.2 Å². The van der Waals surface area contributed by atoms with Crippen molar-refractivity contribution in [2.75, 3.05) is 0 Å². The molecule has 0 aliphatic heterocycles. The molecule has 1 fully saturated rings. The minimum absolute atomic E-state index is 0.129. The van der Waals surface area contributed by atoms with Crippen LogP contribution in [0.1, 0.15) is 44.5 Å². The molecule has 3 atom stereocenters. The Hall–Kier alpha value is -1.00. The highest BCUT2D eigenvalue weighted by Gasteiger charge is 2.43. The molecule has 108 valence electrons. The molecule has 1 aliphatic carbocycles. The Balaban J connectivity index is 2.01. The van der Waals surface area contributed by atoms with Gasteiger partial charge in [-0.1, -0.05) is 20.8 Å². The average Bonchev–Trinajstić information content (AvgIpc) is 2.78. The second-order valence-corrected chi connectivity index (χ2v) is 7.63. The fourth-order valence-corrected chi connectivity index (χ4v) is 4.64. The van der Waals surface area contributed by atoms with Gasteiger partial charge in [0.15, 0.2) is 0 Å². The van der Waals surface area contributed by atoms with Crippen LogP contribution >= 0.6 is 11.3 Å². The number of rotatable bonds is 1.